The second kappa shape index (κ2) is 9.48. The minimum atomic E-state index is -2.08. The van der Waals surface area contributed by atoms with Gasteiger partial charge in [-0.2, -0.15) is 8.10 Å². The number of quaternary nitrogens is 1. The van der Waals surface area contributed by atoms with Gasteiger partial charge in [0.15, 0.2) is 5.69 Å². The van der Waals surface area contributed by atoms with Gasteiger partial charge < -0.3 is 15.5 Å². The molecular weight excluding hydrogens is 412 g/mol. The van der Waals surface area contributed by atoms with Gasteiger partial charge in [0.1, 0.15) is 0 Å². The minimum Gasteiger partial charge on any atom is -0.394 e. The van der Waals surface area contributed by atoms with Crippen molar-refractivity contribution >= 4 is 28.5 Å². The van der Waals surface area contributed by atoms with Crippen LogP contribution >= 0.6 is 0 Å². The number of nitrogens with zero attached hydrogens (tertiary/aromatic N) is 3. The summed E-state index contributed by atoms with van der Waals surface area (Å²) in [7, 11) is 5.20. The van der Waals surface area contributed by atoms with Crippen molar-refractivity contribution in [2.24, 2.45) is 0 Å². The second-order valence-corrected chi connectivity index (χ2v) is 10.0. The molecule has 31 heavy (non-hydrogen) atoms. The molecule has 1 amide bonds. The van der Waals surface area contributed by atoms with Crippen LogP contribution in [0.5, 0.6) is 0 Å². The highest BCUT2D eigenvalue weighted by molar-refractivity contribution is 7.78. The van der Waals surface area contributed by atoms with E-state index in [0.29, 0.717) is 11.4 Å². The van der Waals surface area contributed by atoms with E-state index in [1.807, 2.05) is 43.4 Å². The molecule has 2 aromatic rings. The number of rotatable bonds is 7. The summed E-state index contributed by atoms with van der Waals surface area (Å²) in [5, 5.41) is 0. The predicted molar refractivity (Wildman–Crippen MR) is 127 cm³/mol. The molecule has 0 spiro atoms. The molecule has 1 heterocycles. The van der Waals surface area contributed by atoms with Gasteiger partial charge in [-0.25, -0.2) is 0 Å². The Morgan fingerprint density at radius 2 is 1.94 bits per heavy atom. The Labute approximate surface area is 187 Å². The van der Waals surface area contributed by atoms with Gasteiger partial charge in [0, 0.05) is 39.0 Å². The first-order chi connectivity index (χ1) is 14.6. The summed E-state index contributed by atoms with van der Waals surface area (Å²) >= 11 is -2.08. The first-order valence-electron chi connectivity index (χ1n) is 10.5. The molecular formula is C23H33N4O3S+. The van der Waals surface area contributed by atoms with Gasteiger partial charge in [-0.15, -0.1) is 0 Å². The molecule has 7 nitrogen and oxygen atoms in total. The van der Waals surface area contributed by atoms with E-state index in [1.54, 1.807) is 25.9 Å². The van der Waals surface area contributed by atoms with Crippen LogP contribution in [-0.2, 0) is 16.1 Å². The number of carbonyl (C=O) groups is 1. The molecule has 8 heteroatoms. The smallest absolute Gasteiger partial charge is 0.363 e. The van der Waals surface area contributed by atoms with Crippen molar-refractivity contribution in [1.29, 1.82) is 0 Å². The number of likely N-dealkylation sites (N-methyl/N-ethyl adjacent to an activating group) is 1. The number of carbonyl (C=O) groups excluding carboxylic acids is 1. The molecule has 0 aromatic heterocycles. The Morgan fingerprint density at radius 3 is 2.55 bits per heavy atom. The zero-order valence-corrected chi connectivity index (χ0v) is 19.5. The third kappa shape index (κ3) is 4.98. The Balaban J connectivity index is 1.80. The molecule has 3 atom stereocenters. The topological polar surface area (TPSA) is 86.9 Å². The average molecular weight is 446 g/mol. The van der Waals surface area contributed by atoms with Crippen molar-refractivity contribution in [2.45, 2.75) is 25.3 Å². The molecule has 1 saturated heterocycles. The highest BCUT2D eigenvalue weighted by Crippen LogP contribution is 2.38. The molecule has 3 N–H and O–H groups in total. The van der Waals surface area contributed by atoms with Crippen molar-refractivity contribution in [1.82, 2.24) is 13.7 Å². The molecule has 0 bridgehead atoms. The van der Waals surface area contributed by atoms with Crippen LogP contribution in [0.3, 0.4) is 0 Å². The summed E-state index contributed by atoms with van der Waals surface area (Å²) < 4.78 is 21.3. The maximum absolute atomic E-state index is 12.1. The molecule has 1 aliphatic heterocycles. The van der Waals surface area contributed by atoms with Gasteiger partial charge in [-0.1, -0.05) is 42.5 Å². The third-order valence-electron chi connectivity index (χ3n) is 6.38. The molecule has 0 radical (unpaired) electrons. The number of hydrogen-bond donors (Lipinski definition) is 2. The number of amides is 1. The van der Waals surface area contributed by atoms with E-state index in [-0.39, 0.29) is 21.8 Å². The summed E-state index contributed by atoms with van der Waals surface area (Å²) in [6.45, 7) is 4.09. The SMILES string of the molecule is CC(=O)N(C)[C@H](CN1CCC(c2cccc([N+](C)(C)S(=O)O)c2N)C1)c1ccccc1. The number of nitrogens with two attached hydrogens (primary N) is 1. The van der Waals surface area contributed by atoms with Crippen LogP contribution in [0, 0.1) is 0 Å². The molecule has 0 aliphatic carbocycles. The standard InChI is InChI=1S/C23H32N4O3S/c1-17(28)25(2)21(18-9-6-5-7-10-18)16-26-14-13-19(15-26)20-11-8-12-22(23(20)24)27(3,4)31(29)30/h5-12,19,21H,13-16,24H2,1-4H3/p+1/t19?,21-/m1/s1. The fraction of sp³-hybridized carbons (Fsp3) is 0.435. The maximum Gasteiger partial charge on any atom is 0.363 e. The Morgan fingerprint density at radius 1 is 1.26 bits per heavy atom. The average Bonchev–Trinajstić information content (AvgIpc) is 3.20. The number of benzene rings is 2. The van der Waals surface area contributed by atoms with Gasteiger partial charge in [0.05, 0.1) is 25.8 Å². The fourth-order valence-corrected chi connectivity index (χ4v) is 4.65. The van der Waals surface area contributed by atoms with E-state index in [0.717, 1.165) is 37.2 Å². The molecule has 168 valence electrons. The van der Waals surface area contributed by atoms with Crippen molar-refractivity contribution in [3.05, 3.63) is 59.7 Å². The monoisotopic (exact) mass is 445 g/mol. The lowest BCUT2D eigenvalue weighted by atomic mass is 9.95. The van der Waals surface area contributed by atoms with Gasteiger partial charge in [-0.3, -0.25) is 9.35 Å². The van der Waals surface area contributed by atoms with E-state index < -0.39 is 11.3 Å². The zero-order chi connectivity index (χ0) is 22.8. The summed E-state index contributed by atoms with van der Waals surface area (Å²) in [6.07, 6.45) is 0.953. The third-order valence-corrected chi connectivity index (χ3v) is 7.36. The molecule has 1 fully saturated rings. The van der Waals surface area contributed by atoms with E-state index in [2.05, 4.69) is 17.0 Å². The molecule has 3 rings (SSSR count). The normalized spacial score (nSPS) is 19.2. The molecule has 0 saturated carbocycles. The van der Waals surface area contributed by atoms with Crippen molar-refractivity contribution in [2.75, 3.05) is 46.5 Å². The number of hydrogen-bond acceptors (Lipinski definition) is 4. The van der Waals surface area contributed by atoms with Gasteiger partial charge in [-0.05, 0) is 24.1 Å². The number of likely N-dealkylation sites (tertiary alicyclic amines) is 1. The van der Waals surface area contributed by atoms with Crippen LogP contribution in [0.4, 0.5) is 11.4 Å². The lowest BCUT2D eigenvalue weighted by molar-refractivity contribution is -0.130. The highest BCUT2D eigenvalue weighted by Gasteiger charge is 2.34. The van der Waals surface area contributed by atoms with Crippen LogP contribution in [0.1, 0.15) is 36.4 Å². The first-order valence-corrected chi connectivity index (χ1v) is 11.5. The molecule has 2 aromatic carbocycles. The van der Waals surface area contributed by atoms with E-state index in [9.17, 15) is 13.6 Å². The lowest BCUT2D eigenvalue weighted by Gasteiger charge is -2.31. The highest BCUT2D eigenvalue weighted by atomic mass is 32.2. The van der Waals surface area contributed by atoms with Gasteiger partial charge in [0.25, 0.3) is 0 Å². The maximum atomic E-state index is 12.1. The number of para-hydroxylation sites is 1. The van der Waals surface area contributed by atoms with Crippen LogP contribution in [0.15, 0.2) is 48.5 Å². The van der Waals surface area contributed by atoms with Gasteiger partial charge in [0.2, 0.25) is 5.91 Å². The van der Waals surface area contributed by atoms with E-state index in [4.69, 9.17) is 5.73 Å². The van der Waals surface area contributed by atoms with Crippen LogP contribution in [0.25, 0.3) is 0 Å². The quantitative estimate of drug-likeness (QED) is 0.389. The minimum absolute atomic E-state index is 0.0199. The summed E-state index contributed by atoms with van der Waals surface area (Å²) in [4.78, 5) is 16.3. The largest absolute Gasteiger partial charge is 0.394 e. The summed E-state index contributed by atoms with van der Waals surface area (Å²) in [5.74, 6) is 0.282. The van der Waals surface area contributed by atoms with Crippen LogP contribution in [0.2, 0.25) is 0 Å². The van der Waals surface area contributed by atoms with Crippen LogP contribution < -0.4 is 9.62 Å². The summed E-state index contributed by atoms with van der Waals surface area (Å²) in [6, 6.07) is 15.8. The number of nitrogen functional groups attached to an aromatic ring is 1. The van der Waals surface area contributed by atoms with Crippen molar-refractivity contribution in [3.63, 3.8) is 0 Å². The fourth-order valence-electron chi connectivity index (χ4n) is 4.32. The molecule has 2 unspecified atom stereocenters. The predicted octanol–water partition coefficient (Wildman–Crippen LogP) is 2.98. The Kier molecular flexibility index (Phi) is 7.16. The van der Waals surface area contributed by atoms with E-state index >= 15 is 0 Å². The molecule has 1 aliphatic rings. The Bertz CT molecular complexity index is 951. The second-order valence-electron chi connectivity index (χ2n) is 8.66. The van der Waals surface area contributed by atoms with Gasteiger partial charge >= 0.3 is 11.3 Å². The first kappa shape index (κ1) is 23.4. The van der Waals surface area contributed by atoms with Crippen molar-refractivity contribution in [3.8, 4) is 0 Å². The Hall–Kier alpha value is -2.26. The summed E-state index contributed by atoms with van der Waals surface area (Å²) in [5.41, 5.74) is 9.86. The number of anilines is 1. The lowest BCUT2D eigenvalue weighted by Crippen LogP contribution is -2.42. The van der Waals surface area contributed by atoms with Crippen LogP contribution in [-0.4, -0.2) is 65.2 Å². The van der Waals surface area contributed by atoms with Crippen molar-refractivity contribution < 1.29 is 13.6 Å². The van der Waals surface area contributed by atoms with E-state index in [1.165, 1.54) is 0 Å². The zero-order valence-electron chi connectivity index (χ0n) is 18.7.